The maximum atomic E-state index is 12.3. The van der Waals surface area contributed by atoms with E-state index >= 15 is 0 Å². The molecule has 4 saturated carbocycles. The van der Waals surface area contributed by atoms with E-state index in [0.717, 1.165) is 31.3 Å². The third kappa shape index (κ3) is 3.56. The smallest absolute Gasteiger partial charge is 0.331 e. The molecular formula is C29H46O5. The van der Waals surface area contributed by atoms with Crippen molar-refractivity contribution < 1.29 is 25.2 Å². The Balaban J connectivity index is 1.77. The average molecular weight is 475 g/mol. The Hall–Kier alpha value is -1.17. The van der Waals surface area contributed by atoms with E-state index < -0.39 is 23.6 Å². The number of aliphatic hydroxyl groups excluding tert-OH is 3. The topological polar surface area (TPSA) is 98.0 Å². The Labute approximate surface area is 205 Å². The second-order valence-corrected chi connectivity index (χ2v) is 13.0. The van der Waals surface area contributed by atoms with E-state index in [1.54, 1.807) is 0 Å². The van der Waals surface area contributed by atoms with Crippen molar-refractivity contribution in [2.45, 2.75) is 111 Å². The number of carboxylic acid groups (broad SMARTS) is 1. The summed E-state index contributed by atoms with van der Waals surface area (Å²) in [4.78, 5) is 12.3. The fraction of sp³-hybridized carbons (Fsp3) is 0.828. The number of hydrogen-bond donors (Lipinski definition) is 4. The highest BCUT2D eigenvalue weighted by atomic mass is 16.4. The number of aliphatic hydroxyl groups is 3. The number of allylic oxidation sites excluding steroid dienone is 3. The van der Waals surface area contributed by atoms with Crippen LogP contribution in [0.3, 0.4) is 0 Å². The van der Waals surface area contributed by atoms with Gasteiger partial charge in [0.25, 0.3) is 0 Å². The van der Waals surface area contributed by atoms with E-state index in [-0.39, 0.29) is 40.6 Å². The van der Waals surface area contributed by atoms with Gasteiger partial charge in [-0.3, -0.25) is 0 Å². The van der Waals surface area contributed by atoms with Crippen LogP contribution in [0.4, 0.5) is 0 Å². The van der Waals surface area contributed by atoms with Crippen LogP contribution in [0, 0.1) is 39.9 Å². The summed E-state index contributed by atoms with van der Waals surface area (Å²) < 4.78 is 0. The molecule has 0 bridgehead atoms. The van der Waals surface area contributed by atoms with Crippen LogP contribution < -0.4 is 0 Å². The Morgan fingerprint density at radius 3 is 2.35 bits per heavy atom. The third-order valence-electron chi connectivity index (χ3n) is 11.4. The maximum Gasteiger partial charge on any atom is 0.331 e. The normalized spacial score (nSPS) is 49.5. The molecule has 5 nitrogen and oxygen atoms in total. The van der Waals surface area contributed by atoms with E-state index in [1.807, 2.05) is 13.8 Å². The molecule has 4 aliphatic carbocycles. The minimum atomic E-state index is -0.838. The quantitative estimate of drug-likeness (QED) is 0.336. The summed E-state index contributed by atoms with van der Waals surface area (Å²) >= 11 is 0. The SMILES string of the molecule is CC(C)=CCC/C(C(=O)O)=C1/CC[C@@]2(C)[C@H]1C[C@@H](O)[C@H]1[C@@]3(C)CC[C@@H](O)[C@@H](C)[C@@H]3C[C@H](O)[C@@]12C. The molecule has 0 heterocycles. The van der Waals surface area contributed by atoms with Crippen LogP contribution in [0.2, 0.25) is 0 Å². The standard InChI is InChI=1S/C29H46O5/c1-16(2)8-7-9-19(26(33)34)18-10-13-28(5)21(18)14-23(31)25-27(4)12-11-22(30)17(3)20(27)15-24(32)29(25,28)6/h8,17,20-25,30-32H,7,9-15H2,1-6H3,(H,33,34)/b19-18+/t17-,20-,21-,22+,23+,24-,25-,27-,28-,29-/m0/s1. The van der Waals surface area contributed by atoms with Gasteiger partial charge < -0.3 is 20.4 Å². The van der Waals surface area contributed by atoms with Crippen molar-refractivity contribution in [2.75, 3.05) is 0 Å². The molecule has 5 heteroatoms. The summed E-state index contributed by atoms with van der Waals surface area (Å²) in [5, 5.41) is 44.2. The zero-order valence-corrected chi connectivity index (χ0v) is 22.0. The number of hydrogen-bond acceptors (Lipinski definition) is 4. The monoisotopic (exact) mass is 474 g/mol. The molecule has 0 aromatic rings. The highest BCUT2D eigenvalue weighted by molar-refractivity contribution is 5.87. The van der Waals surface area contributed by atoms with Crippen molar-refractivity contribution in [3.05, 3.63) is 22.8 Å². The zero-order valence-electron chi connectivity index (χ0n) is 22.0. The number of carboxylic acids is 1. The van der Waals surface area contributed by atoms with Gasteiger partial charge in [0.2, 0.25) is 0 Å². The van der Waals surface area contributed by atoms with E-state index in [4.69, 9.17) is 0 Å². The van der Waals surface area contributed by atoms with Crippen molar-refractivity contribution in [3.63, 3.8) is 0 Å². The predicted octanol–water partition coefficient (Wildman–Crippen LogP) is 5.10. The van der Waals surface area contributed by atoms with Gasteiger partial charge >= 0.3 is 5.97 Å². The van der Waals surface area contributed by atoms with Gasteiger partial charge in [-0.25, -0.2) is 4.79 Å². The molecule has 0 aromatic carbocycles. The number of fused-ring (bicyclic) bond motifs is 5. The molecule has 4 aliphatic rings. The van der Waals surface area contributed by atoms with Gasteiger partial charge in [0.1, 0.15) is 0 Å². The lowest BCUT2D eigenvalue weighted by molar-refractivity contribution is -0.272. The van der Waals surface area contributed by atoms with E-state index in [0.29, 0.717) is 31.3 Å². The summed E-state index contributed by atoms with van der Waals surface area (Å²) in [5.41, 5.74) is 1.79. The molecule has 34 heavy (non-hydrogen) atoms. The van der Waals surface area contributed by atoms with Crippen molar-refractivity contribution in [2.24, 2.45) is 39.9 Å². The number of rotatable bonds is 4. The molecule has 0 unspecified atom stereocenters. The van der Waals surface area contributed by atoms with Crippen molar-refractivity contribution in [1.29, 1.82) is 0 Å². The molecule has 4 rings (SSSR count). The molecule has 192 valence electrons. The lowest BCUT2D eigenvalue weighted by Crippen LogP contribution is -2.70. The molecule has 0 saturated heterocycles. The van der Waals surface area contributed by atoms with Gasteiger partial charge in [0.15, 0.2) is 0 Å². The van der Waals surface area contributed by atoms with E-state index in [1.165, 1.54) is 5.57 Å². The second kappa shape index (κ2) is 8.74. The van der Waals surface area contributed by atoms with Gasteiger partial charge in [-0.15, -0.1) is 0 Å². The Kier molecular flexibility index (Phi) is 6.66. The first-order valence-electron chi connectivity index (χ1n) is 13.4. The first-order chi connectivity index (χ1) is 15.8. The van der Waals surface area contributed by atoms with E-state index in [9.17, 15) is 25.2 Å². The molecule has 4 N–H and O–H groups in total. The summed E-state index contributed by atoms with van der Waals surface area (Å²) in [7, 11) is 0. The average Bonchev–Trinajstić information content (AvgIpc) is 3.08. The predicted molar refractivity (Wildman–Crippen MR) is 133 cm³/mol. The van der Waals surface area contributed by atoms with Crippen molar-refractivity contribution in [1.82, 2.24) is 0 Å². The number of aliphatic carboxylic acids is 1. The Morgan fingerprint density at radius 2 is 1.74 bits per heavy atom. The fourth-order valence-electron chi connectivity index (χ4n) is 9.42. The summed E-state index contributed by atoms with van der Waals surface area (Å²) in [6, 6.07) is 0. The van der Waals surface area contributed by atoms with Crippen LogP contribution in [-0.2, 0) is 4.79 Å². The molecular weight excluding hydrogens is 428 g/mol. The molecule has 0 aromatic heterocycles. The van der Waals surface area contributed by atoms with E-state index in [2.05, 4.69) is 33.8 Å². The molecule has 0 radical (unpaired) electrons. The first kappa shape index (κ1) is 25.9. The maximum absolute atomic E-state index is 12.3. The first-order valence-corrected chi connectivity index (χ1v) is 13.4. The van der Waals surface area contributed by atoms with Crippen LogP contribution in [0.5, 0.6) is 0 Å². The van der Waals surface area contributed by atoms with Gasteiger partial charge in [0.05, 0.1) is 18.3 Å². The molecule has 10 atom stereocenters. The fourth-order valence-corrected chi connectivity index (χ4v) is 9.42. The molecule has 0 amide bonds. The highest BCUT2D eigenvalue weighted by Crippen LogP contribution is 2.74. The third-order valence-corrected chi connectivity index (χ3v) is 11.4. The van der Waals surface area contributed by atoms with Gasteiger partial charge in [-0.1, -0.05) is 44.9 Å². The van der Waals surface area contributed by atoms with Crippen LogP contribution in [0.15, 0.2) is 22.8 Å². The van der Waals surface area contributed by atoms with Crippen LogP contribution in [-0.4, -0.2) is 44.7 Å². The van der Waals surface area contributed by atoms with Crippen LogP contribution in [0.1, 0.15) is 92.9 Å². The van der Waals surface area contributed by atoms with Crippen molar-refractivity contribution in [3.8, 4) is 0 Å². The largest absolute Gasteiger partial charge is 0.478 e. The zero-order chi connectivity index (χ0) is 25.2. The van der Waals surface area contributed by atoms with Crippen molar-refractivity contribution >= 4 is 5.97 Å². The van der Waals surface area contributed by atoms with Gasteiger partial charge in [-0.05, 0) is 99.7 Å². The molecule has 0 aliphatic heterocycles. The van der Waals surface area contributed by atoms with Gasteiger partial charge in [0, 0.05) is 11.0 Å². The van der Waals surface area contributed by atoms with Crippen LogP contribution >= 0.6 is 0 Å². The Morgan fingerprint density at radius 1 is 1.06 bits per heavy atom. The molecule has 0 spiro atoms. The highest BCUT2D eigenvalue weighted by Gasteiger charge is 2.72. The number of carbonyl (C=O) groups is 1. The van der Waals surface area contributed by atoms with Crippen LogP contribution in [0.25, 0.3) is 0 Å². The molecule has 4 fully saturated rings. The summed E-state index contributed by atoms with van der Waals surface area (Å²) in [5.74, 6) is -0.654. The Bertz CT molecular complexity index is 887. The second-order valence-electron chi connectivity index (χ2n) is 13.0. The minimum absolute atomic E-state index is 0.0250. The lowest BCUT2D eigenvalue weighted by atomic mass is 9.35. The minimum Gasteiger partial charge on any atom is -0.478 e. The van der Waals surface area contributed by atoms with Gasteiger partial charge in [-0.2, -0.15) is 0 Å². The lowest BCUT2D eigenvalue weighted by Gasteiger charge is -2.70. The summed E-state index contributed by atoms with van der Waals surface area (Å²) in [6.45, 7) is 12.9. The summed E-state index contributed by atoms with van der Waals surface area (Å²) in [6.07, 6.45) is 6.18.